The molecule has 1 heterocycles. The van der Waals surface area contributed by atoms with Crippen LogP contribution in [0.3, 0.4) is 0 Å². The lowest BCUT2D eigenvalue weighted by Gasteiger charge is -2.15. The van der Waals surface area contributed by atoms with Crippen LogP contribution in [0.4, 0.5) is 5.69 Å². The summed E-state index contributed by atoms with van der Waals surface area (Å²) in [6, 6.07) is 12.0. The first-order valence-electron chi connectivity index (χ1n) is 6.84. The Labute approximate surface area is 143 Å². The maximum Gasteiger partial charge on any atom is 0.282 e. The fourth-order valence-electron chi connectivity index (χ4n) is 2.19. The Balaban J connectivity index is 1.93. The van der Waals surface area contributed by atoms with Gasteiger partial charge in [0.05, 0.1) is 5.69 Å². The highest BCUT2D eigenvalue weighted by atomic mass is 35.5. The number of carbonyl (C=O) groups excluding carboxylic acids is 2. The summed E-state index contributed by atoms with van der Waals surface area (Å²) < 4.78 is 0. The van der Waals surface area contributed by atoms with Crippen molar-refractivity contribution in [3.05, 3.63) is 69.2 Å². The van der Waals surface area contributed by atoms with Gasteiger partial charge in [-0.1, -0.05) is 41.4 Å². The van der Waals surface area contributed by atoms with Crippen molar-refractivity contribution in [3.63, 3.8) is 0 Å². The largest absolute Gasteiger partial charge is 0.282 e. The zero-order valence-electron chi connectivity index (χ0n) is 12.1. The second kappa shape index (κ2) is 6.07. The average molecular weight is 347 g/mol. The number of rotatable bonds is 2. The number of amides is 2. The first-order chi connectivity index (χ1) is 11.0. The van der Waals surface area contributed by atoms with Gasteiger partial charge < -0.3 is 0 Å². The number of benzene rings is 2. The van der Waals surface area contributed by atoms with E-state index in [1.165, 1.54) is 11.1 Å². The van der Waals surface area contributed by atoms with Crippen molar-refractivity contribution in [2.24, 2.45) is 0 Å². The van der Waals surface area contributed by atoms with Crippen molar-refractivity contribution in [3.8, 4) is 0 Å². The monoisotopic (exact) mass is 346 g/mol. The van der Waals surface area contributed by atoms with Crippen LogP contribution in [0.15, 0.2) is 48.0 Å². The molecule has 0 atom stereocenters. The van der Waals surface area contributed by atoms with Crippen molar-refractivity contribution in [2.45, 2.75) is 6.92 Å². The lowest BCUT2D eigenvalue weighted by Crippen LogP contribution is -2.35. The molecule has 0 aliphatic carbocycles. The van der Waals surface area contributed by atoms with Gasteiger partial charge in [0, 0.05) is 10.0 Å². The van der Waals surface area contributed by atoms with E-state index in [9.17, 15) is 9.59 Å². The van der Waals surface area contributed by atoms with Gasteiger partial charge in [-0.15, -0.1) is 0 Å². The van der Waals surface area contributed by atoms with E-state index in [2.05, 4.69) is 5.43 Å². The number of halogens is 2. The van der Waals surface area contributed by atoms with Crippen molar-refractivity contribution in [1.82, 2.24) is 5.43 Å². The summed E-state index contributed by atoms with van der Waals surface area (Å²) in [5, 5.41) is 2.31. The molecule has 1 saturated heterocycles. The van der Waals surface area contributed by atoms with Crippen LogP contribution in [0, 0.1) is 6.92 Å². The molecule has 3 rings (SSSR count). The minimum Gasteiger partial charge on any atom is -0.267 e. The first-order valence-corrected chi connectivity index (χ1v) is 7.60. The molecule has 116 valence electrons. The van der Waals surface area contributed by atoms with Gasteiger partial charge in [0.2, 0.25) is 0 Å². The zero-order chi connectivity index (χ0) is 16.6. The predicted molar refractivity (Wildman–Crippen MR) is 91.2 cm³/mol. The molecule has 2 amide bonds. The number of carbonyl (C=O) groups is 2. The third-order valence-electron chi connectivity index (χ3n) is 3.49. The van der Waals surface area contributed by atoms with Crippen LogP contribution in [0.1, 0.15) is 11.1 Å². The number of nitrogens with zero attached hydrogens (tertiary/aromatic N) is 1. The highest BCUT2D eigenvalue weighted by Crippen LogP contribution is 2.26. The van der Waals surface area contributed by atoms with Crippen LogP contribution < -0.4 is 10.4 Å². The summed E-state index contributed by atoms with van der Waals surface area (Å²) in [5.41, 5.74) is 4.72. The molecular weight excluding hydrogens is 335 g/mol. The van der Waals surface area contributed by atoms with Crippen molar-refractivity contribution >= 4 is 46.8 Å². The summed E-state index contributed by atoms with van der Waals surface area (Å²) in [6.45, 7) is 1.86. The van der Waals surface area contributed by atoms with Gasteiger partial charge in [-0.3, -0.25) is 15.0 Å². The average Bonchev–Trinajstić information content (AvgIpc) is 2.80. The van der Waals surface area contributed by atoms with E-state index in [-0.39, 0.29) is 5.57 Å². The molecule has 23 heavy (non-hydrogen) atoms. The van der Waals surface area contributed by atoms with Crippen LogP contribution in [0.2, 0.25) is 10.0 Å². The normalized spacial score (nSPS) is 16.1. The first kappa shape index (κ1) is 15.6. The Bertz CT molecular complexity index is 829. The molecule has 0 bridgehead atoms. The highest BCUT2D eigenvalue weighted by molar-refractivity contribution is 6.33. The van der Waals surface area contributed by atoms with Gasteiger partial charge in [0.25, 0.3) is 11.8 Å². The maximum absolute atomic E-state index is 12.5. The van der Waals surface area contributed by atoms with E-state index in [4.69, 9.17) is 23.2 Å². The molecular formula is C17H12Cl2N2O2. The standard InChI is InChI=1S/C17H12Cl2N2O2/c1-10-2-7-13(9-15(10)19)21-17(23)14(16(22)20-21)8-11-3-5-12(18)6-4-11/h2-9H,1H3,(H,20,22). The molecule has 1 aliphatic heterocycles. The smallest absolute Gasteiger partial charge is 0.267 e. The number of aryl methyl sites for hydroxylation is 1. The second-order valence-corrected chi connectivity index (χ2v) is 5.97. The highest BCUT2D eigenvalue weighted by Gasteiger charge is 2.34. The molecule has 0 aromatic heterocycles. The molecule has 6 heteroatoms. The zero-order valence-corrected chi connectivity index (χ0v) is 13.7. The summed E-state index contributed by atoms with van der Waals surface area (Å²) in [6.07, 6.45) is 1.53. The molecule has 2 aromatic carbocycles. The Kier molecular flexibility index (Phi) is 4.11. The van der Waals surface area contributed by atoms with E-state index in [0.717, 1.165) is 11.1 Å². The third kappa shape index (κ3) is 3.09. The summed E-state index contributed by atoms with van der Waals surface area (Å²) in [4.78, 5) is 24.6. The van der Waals surface area contributed by atoms with Crippen LogP contribution in [-0.4, -0.2) is 11.8 Å². The summed E-state index contributed by atoms with van der Waals surface area (Å²) in [7, 11) is 0. The van der Waals surface area contributed by atoms with Gasteiger partial charge >= 0.3 is 0 Å². The predicted octanol–water partition coefficient (Wildman–Crippen LogP) is 3.76. The molecule has 0 radical (unpaired) electrons. The molecule has 0 saturated carbocycles. The van der Waals surface area contributed by atoms with E-state index in [1.54, 1.807) is 42.5 Å². The topological polar surface area (TPSA) is 49.4 Å². The fraction of sp³-hybridized carbons (Fsp3) is 0.0588. The lowest BCUT2D eigenvalue weighted by molar-refractivity contribution is -0.117. The minimum absolute atomic E-state index is 0.0593. The Morgan fingerprint density at radius 1 is 1.04 bits per heavy atom. The minimum atomic E-state index is -0.457. The quantitative estimate of drug-likeness (QED) is 0.664. The van der Waals surface area contributed by atoms with E-state index in [1.807, 2.05) is 6.92 Å². The molecule has 4 nitrogen and oxygen atoms in total. The van der Waals surface area contributed by atoms with Crippen LogP contribution in [-0.2, 0) is 9.59 Å². The fourth-order valence-corrected chi connectivity index (χ4v) is 2.49. The number of nitrogens with one attached hydrogen (secondary N) is 1. The Morgan fingerprint density at radius 2 is 1.74 bits per heavy atom. The Hall–Kier alpha value is -2.30. The second-order valence-electron chi connectivity index (χ2n) is 5.12. The number of hydrogen-bond donors (Lipinski definition) is 1. The van der Waals surface area contributed by atoms with Gasteiger partial charge in [-0.25, -0.2) is 5.01 Å². The van der Waals surface area contributed by atoms with Gasteiger partial charge in [-0.2, -0.15) is 0 Å². The number of anilines is 1. The SMILES string of the molecule is Cc1ccc(N2NC(=O)C(=Cc3ccc(Cl)cc3)C2=O)cc1Cl. The van der Waals surface area contributed by atoms with Crippen molar-refractivity contribution in [2.75, 3.05) is 5.01 Å². The number of hydrogen-bond acceptors (Lipinski definition) is 2. The van der Waals surface area contributed by atoms with Crippen molar-refractivity contribution in [1.29, 1.82) is 0 Å². The Morgan fingerprint density at radius 3 is 2.39 bits per heavy atom. The summed E-state index contributed by atoms with van der Waals surface area (Å²) >= 11 is 11.9. The molecule has 0 spiro atoms. The van der Waals surface area contributed by atoms with Gasteiger partial charge in [0.15, 0.2) is 0 Å². The van der Waals surface area contributed by atoms with E-state index >= 15 is 0 Å². The lowest BCUT2D eigenvalue weighted by atomic mass is 10.1. The summed E-state index contributed by atoms with van der Waals surface area (Å²) in [5.74, 6) is -0.883. The van der Waals surface area contributed by atoms with Crippen LogP contribution >= 0.6 is 23.2 Å². The molecule has 1 aliphatic rings. The van der Waals surface area contributed by atoms with Crippen LogP contribution in [0.5, 0.6) is 0 Å². The van der Waals surface area contributed by atoms with Gasteiger partial charge in [-0.05, 0) is 48.4 Å². The molecule has 0 unspecified atom stereocenters. The van der Waals surface area contributed by atoms with E-state index in [0.29, 0.717) is 15.7 Å². The third-order valence-corrected chi connectivity index (χ3v) is 4.15. The van der Waals surface area contributed by atoms with E-state index < -0.39 is 11.8 Å². The molecule has 1 fully saturated rings. The maximum atomic E-state index is 12.5. The molecule has 1 N–H and O–H groups in total. The molecule has 2 aromatic rings. The van der Waals surface area contributed by atoms with Crippen LogP contribution in [0.25, 0.3) is 6.08 Å². The number of hydrazine groups is 1. The van der Waals surface area contributed by atoms with Gasteiger partial charge in [0.1, 0.15) is 5.57 Å². The van der Waals surface area contributed by atoms with Crippen molar-refractivity contribution < 1.29 is 9.59 Å².